The highest BCUT2D eigenvalue weighted by atomic mass is 35.5. The molecular formula is C17H23ClN2O3. The van der Waals surface area contributed by atoms with E-state index in [0.717, 1.165) is 12.0 Å². The van der Waals surface area contributed by atoms with Crippen molar-refractivity contribution < 1.29 is 14.6 Å². The number of methoxy groups -OCH3 is 1. The summed E-state index contributed by atoms with van der Waals surface area (Å²) in [5.74, 6) is 0.118. The molecule has 0 heterocycles. The number of urea groups is 1. The van der Waals surface area contributed by atoms with E-state index in [1.807, 2.05) is 37.3 Å². The number of hydrogen-bond donors (Lipinski definition) is 3. The molecule has 23 heavy (non-hydrogen) atoms. The van der Waals surface area contributed by atoms with Crippen LogP contribution in [-0.2, 0) is 4.74 Å². The van der Waals surface area contributed by atoms with Crippen LogP contribution < -0.4 is 10.6 Å². The zero-order chi connectivity index (χ0) is 16.8. The van der Waals surface area contributed by atoms with Gasteiger partial charge in [-0.25, -0.2) is 4.79 Å². The summed E-state index contributed by atoms with van der Waals surface area (Å²) in [6, 6.07) is 6.86. The Morgan fingerprint density at radius 2 is 2.17 bits per heavy atom. The van der Waals surface area contributed by atoms with Crippen LogP contribution in [0.25, 0.3) is 0 Å². The first kappa shape index (κ1) is 17.8. The summed E-state index contributed by atoms with van der Waals surface area (Å²) in [7, 11) is 1.59. The number of halogens is 1. The molecule has 6 heteroatoms. The van der Waals surface area contributed by atoms with Gasteiger partial charge in [-0.15, -0.1) is 0 Å². The van der Waals surface area contributed by atoms with E-state index in [1.54, 1.807) is 13.2 Å². The van der Waals surface area contributed by atoms with Gasteiger partial charge in [-0.3, -0.25) is 0 Å². The van der Waals surface area contributed by atoms with Crippen LogP contribution in [0.15, 0.2) is 36.4 Å². The van der Waals surface area contributed by atoms with E-state index in [4.69, 9.17) is 21.4 Å². The number of carbonyl (C=O) groups excluding carboxylic acids is 1. The lowest BCUT2D eigenvalue weighted by Gasteiger charge is -2.25. The number of carbonyl (C=O) groups is 1. The lowest BCUT2D eigenvalue weighted by Crippen LogP contribution is -2.46. The maximum Gasteiger partial charge on any atom is 0.315 e. The standard InChI is InChI=1S/C17H23ClN2O3/c1-11(16(23-2)14-5-3-4-6-15(14)18)19-17(22)20-13-8-7-12(9-13)10-21/h3-8,11-13,16,21H,9-10H2,1-2H3,(H2,19,20,22)/t11?,12-,13+,16?/m0/s1. The average Bonchev–Trinajstić information content (AvgIpc) is 2.97. The molecule has 1 aliphatic carbocycles. The molecule has 0 radical (unpaired) electrons. The summed E-state index contributed by atoms with van der Waals surface area (Å²) in [6.07, 6.45) is 4.22. The number of nitrogens with one attached hydrogen (secondary N) is 2. The quantitative estimate of drug-likeness (QED) is 0.698. The fourth-order valence-electron chi connectivity index (χ4n) is 2.82. The number of ether oxygens (including phenoxy) is 1. The Bertz CT molecular complexity index is 565. The van der Waals surface area contributed by atoms with Crippen molar-refractivity contribution in [1.82, 2.24) is 10.6 Å². The Balaban J connectivity index is 1.92. The number of benzene rings is 1. The van der Waals surface area contributed by atoms with Crippen LogP contribution in [0.1, 0.15) is 25.0 Å². The number of aliphatic hydroxyl groups excluding tert-OH is 1. The zero-order valence-corrected chi connectivity index (χ0v) is 14.1. The second kappa shape index (κ2) is 8.34. The van der Waals surface area contributed by atoms with Crippen LogP contribution in [0, 0.1) is 5.92 Å². The minimum Gasteiger partial charge on any atom is -0.396 e. The molecule has 0 fully saturated rings. The van der Waals surface area contributed by atoms with Gasteiger partial charge in [-0.2, -0.15) is 0 Å². The van der Waals surface area contributed by atoms with Gasteiger partial charge in [0.15, 0.2) is 0 Å². The molecule has 0 spiro atoms. The van der Waals surface area contributed by atoms with Crippen molar-refractivity contribution in [3.8, 4) is 0 Å². The van der Waals surface area contributed by atoms with Crippen molar-refractivity contribution in [1.29, 1.82) is 0 Å². The van der Waals surface area contributed by atoms with E-state index in [9.17, 15) is 4.79 Å². The van der Waals surface area contributed by atoms with Crippen molar-refractivity contribution in [2.75, 3.05) is 13.7 Å². The summed E-state index contributed by atoms with van der Waals surface area (Å²) in [4.78, 5) is 12.1. The molecule has 0 aliphatic heterocycles. The van der Waals surface area contributed by atoms with E-state index in [1.165, 1.54) is 0 Å². The van der Waals surface area contributed by atoms with Gasteiger partial charge in [-0.05, 0) is 19.4 Å². The minimum absolute atomic E-state index is 0.0549. The first-order chi connectivity index (χ1) is 11.0. The van der Waals surface area contributed by atoms with Gasteiger partial charge in [0.05, 0.1) is 6.04 Å². The van der Waals surface area contributed by atoms with E-state index >= 15 is 0 Å². The van der Waals surface area contributed by atoms with Gasteiger partial charge < -0.3 is 20.5 Å². The predicted molar refractivity (Wildman–Crippen MR) is 90.5 cm³/mol. The molecule has 1 aliphatic rings. The molecule has 0 aromatic heterocycles. The van der Waals surface area contributed by atoms with E-state index in [-0.39, 0.29) is 36.7 Å². The predicted octanol–water partition coefficient (Wildman–Crippen LogP) is 2.65. The summed E-state index contributed by atoms with van der Waals surface area (Å²) >= 11 is 6.21. The lowest BCUT2D eigenvalue weighted by molar-refractivity contribution is 0.0762. The van der Waals surface area contributed by atoms with E-state index in [0.29, 0.717) is 5.02 Å². The van der Waals surface area contributed by atoms with Gasteiger partial charge in [0.25, 0.3) is 0 Å². The van der Waals surface area contributed by atoms with Gasteiger partial charge in [-0.1, -0.05) is 42.0 Å². The second-order valence-electron chi connectivity index (χ2n) is 5.75. The molecule has 2 rings (SSSR count). The Morgan fingerprint density at radius 1 is 1.43 bits per heavy atom. The van der Waals surface area contributed by atoms with Crippen molar-refractivity contribution in [3.05, 3.63) is 47.0 Å². The molecule has 126 valence electrons. The molecule has 0 saturated heterocycles. The maximum atomic E-state index is 12.1. The average molecular weight is 339 g/mol. The molecule has 2 unspecified atom stereocenters. The Labute approximate surface area is 141 Å². The van der Waals surface area contributed by atoms with Crippen LogP contribution in [0.5, 0.6) is 0 Å². The molecule has 0 saturated carbocycles. The van der Waals surface area contributed by atoms with Crippen molar-refractivity contribution in [2.24, 2.45) is 5.92 Å². The summed E-state index contributed by atoms with van der Waals surface area (Å²) < 4.78 is 5.51. The molecular weight excluding hydrogens is 316 g/mol. The topological polar surface area (TPSA) is 70.6 Å². The first-order valence-corrected chi connectivity index (χ1v) is 8.06. The highest BCUT2D eigenvalue weighted by Gasteiger charge is 2.24. The molecule has 1 aromatic rings. The van der Waals surface area contributed by atoms with Gasteiger partial charge >= 0.3 is 6.03 Å². The van der Waals surface area contributed by atoms with Crippen molar-refractivity contribution in [2.45, 2.75) is 31.5 Å². The van der Waals surface area contributed by atoms with Gasteiger partial charge in [0.2, 0.25) is 0 Å². The monoisotopic (exact) mass is 338 g/mol. The highest BCUT2D eigenvalue weighted by Crippen LogP contribution is 2.27. The molecule has 2 amide bonds. The zero-order valence-electron chi connectivity index (χ0n) is 13.3. The smallest absolute Gasteiger partial charge is 0.315 e. The fraction of sp³-hybridized carbons (Fsp3) is 0.471. The number of hydrogen-bond acceptors (Lipinski definition) is 3. The molecule has 4 atom stereocenters. The lowest BCUT2D eigenvalue weighted by atomic mass is 10.0. The van der Waals surface area contributed by atoms with Crippen LogP contribution in [0.4, 0.5) is 4.79 Å². The van der Waals surface area contributed by atoms with E-state index < -0.39 is 0 Å². The van der Waals surface area contributed by atoms with Crippen LogP contribution in [-0.4, -0.2) is 36.9 Å². The van der Waals surface area contributed by atoms with Crippen LogP contribution >= 0.6 is 11.6 Å². The van der Waals surface area contributed by atoms with Crippen molar-refractivity contribution in [3.63, 3.8) is 0 Å². The fourth-order valence-corrected chi connectivity index (χ4v) is 3.06. The van der Waals surface area contributed by atoms with Gasteiger partial charge in [0.1, 0.15) is 6.10 Å². The molecule has 3 N–H and O–H groups in total. The number of aliphatic hydroxyl groups is 1. The Morgan fingerprint density at radius 3 is 2.78 bits per heavy atom. The third-order valence-corrected chi connectivity index (χ3v) is 4.35. The molecule has 1 aromatic carbocycles. The third kappa shape index (κ3) is 4.70. The Hall–Kier alpha value is -1.56. The SMILES string of the molecule is COC(c1ccccc1Cl)C(C)NC(=O)N[C@@H]1C=C[C@H](CO)C1. The first-order valence-electron chi connectivity index (χ1n) is 7.68. The second-order valence-corrected chi connectivity index (χ2v) is 6.16. The minimum atomic E-state index is -0.334. The summed E-state index contributed by atoms with van der Waals surface area (Å²) in [5.41, 5.74) is 0.838. The highest BCUT2D eigenvalue weighted by molar-refractivity contribution is 6.31. The van der Waals surface area contributed by atoms with Crippen LogP contribution in [0.3, 0.4) is 0 Å². The van der Waals surface area contributed by atoms with Crippen LogP contribution in [0.2, 0.25) is 5.02 Å². The number of rotatable bonds is 6. The largest absolute Gasteiger partial charge is 0.396 e. The normalized spacial score (nSPS) is 22.6. The Kier molecular flexibility index (Phi) is 6.45. The van der Waals surface area contributed by atoms with E-state index in [2.05, 4.69) is 10.6 Å². The third-order valence-electron chi connectivity index (χ3n) is 4.00. The summed E-state index contributed by atoms with van der Waals surface area (Å²) in [5, 5.41) is 15.5. The number of amides is 2. The molecule has 0 bridgehead atoms. The molecule has 5 nitrogen and oxygen atoms in total. The van der Waals surface area contributed by atoms with Gasteiger partial charge in [0, 0.05) is 36.3 Å². The summed E-state index contributed by atoms with van der Waals surface area (Å²) in [6.45, 7) is 1.98. The van der Waals surface area contributed by atoms with Crippen molar-refractivity contribution >= 4 is 17.6 Å². The maximum absolute atomic E-state index is 12.1.